The predicted molar refractivity (Wildman–Crippen MR) is 147 cm³/mol. The van der Waals surface area contributed by atoms with E-state index in [1.807, 2.05) is 0 Å². The quantitative estimate of drug-likeness (QED) is 0.0994. The highest BCUT2D eigenvalue weighted by molar-refractivity contribution is 5.90. The Morgan fingerprint density at radius 2 is 1.40 bits per heavy atom. The molecule has 1 aromatic heterocycles. The van der Waals surface area contributed by atoms with Crippen LogP contribution >= 0.6 is 0 Å². The molecule has 3 aromatic rings. The van der Waals surface area contributed by atoms with E-state index in [1.54, 1.807) is 12.1 Å². The summed E-state index contributed by atoms with van der Waals surface area (Å²) >= 11 is 0. The zero-order chi connectivity index (χ0) is 32.4. The molecule has 0 unspecified atom stereocenters. The lowest BCUT2D eigenvalue weighted by molar-refractivity contribution is -0.277. The number of aliphatic hydroxyl groups excluding tert-OH is 7. The molecule has 10 atom stereocenters. The van der Waals surface area contributed by atoms with Gasteiger partial charge >= 0.3 is 11.6 Å². The number of aliphatic hydroxyl groups is 7. The van der Waals surface area contributed by atoms with Crippen molar-refractivity contribution in [3.63, 3.8) is 0 Å². The highest BCUT2D eigenvalue weighted by Gasteiger charge is 2.46. The van der Waals surface area contributed by atoms with Gasteiger partial charge in [-0.3, -0.25) is 0 Å². The first-order chi connectivity index (χ1) is 21.5. The van der Waals surface area contributed by atoms with Gasteiger partial charge in [0.05, 0.1) is 19.3 Å². The van der Waals surface area contributed by atoms with Crippen LogP contribution in [0.3, 0.4) is 0 Å². The average molecular weight is 637 g/mol. The molecule has 7 N–H and O–H groups in total. The highest BCUT2D eigenvalue weighted by Crippen LogP contribution is 2.33. The molecule has 5 rings (SSSR count). The predicted octanol–water partition coefficient (Wildman–Crippen LogP) is -1.98. The van der Waals surface area contributed by atoms with Gasteiger partial charge in [0, 0.05) is 17.5 Å². The Balaban J connectivity index is 1.23. The van der Waals surface area contributed by atoms with E-state index in [-0.39, 0.29) is 28.4 Å². The number of esters is 1. The molecule has 2 aromatic carbocycles. The van der Waals surface area contributed by atoms with Crippen molar-refractivity contribution in [1.29, 1.82) is 0 Å². The fourth-order valence-electron chi connectivity index (χ4n) is 4.82. The second-order valence-corrected chi connectivity index (χ2v) is 10.4. The lowest BCUT2D eigenvalue weighted by Crippen LogP contribution is -2.60. The van der Waals surface area contributed by atoms with Gasteiger partial charge in [-0.05, 0) is 36.4 Å². The van der Waals surface area contributed by atoms with Gasteiger partial charge in [-0.1, -0.05) is 0 Å². The number of hydrogen-bond acceptors (Lipinski definition) is 16. The van der Waals surface area contributed by atoms with Crippen molar-refractivity contribution in [2.75, 3.05) is 20.3 Å². The molecule has 3 heterocycles. The second kappa shape index (κ2) is 13.7. The maximum absolute atomic E-state index is 12.9. The number of fused-ring (bicyclic) bond motifs is 1. The molecule has 244 valence electrons. The fourth-order valence-corrected chi connectivity index (χ4v) is 4.82. The highest BCUT2D eigenvalue weighted by atomic mass is 16.7. The Kier molecular flexibility index (Phi) is 9.88. The van der Waals surface area contributed by atoms with Gasteiger partial charge < -0.3 is 68.6 Å². The Morgan fingerprint density at radius 1 is 0.756 bits per heavy atom. The minimum absolute atomic E-state index is 0.00594. The van der Waals surface area contributed by atoms with Gasteiger partial charge in [-0.15, -0.1) is 0 Å². The van der Waals surface area contributed by atoms with Crippen LogP contribution in [0.1, 0.15) is 10.4 Å². The van der Waals surface area contributed by atoms with Crippen molar-refractivity contribution in [2.24, 2.45) is 0 Å². The Hall–Kier alpha value is -3.84. The summed E-state index contributed by atoms with van der Waals surface area (Å²) in [4.78, 5) is 24.4. The largest absolute Gasteiger partial charge is 0.493 e. The summed E-state index contributed by atoms with van der Waals surface area (Å²) in [5.74, 6) is -0.799. The topological polar surface area (TPSA) is 244 Å². The van der Waals surface area contributed by atoms with Crippen LogP contribution < -0.4 is 19.8 Å². The molecule has 2 aliphatic heterocycles. The summed E-state index contributed by atoms with van der Waals surface area (Å²) < 4.78 is 37.8. The molecule has 0 spiro atoms. The summed E-state index contributed by atoms with van der Waals surface area (Å²) in [5, 5.41) is 71.5. The van der Waals surface area contributed by atoms with Crippen LogP contribution in [0, 0.1) is 0 Å². The van der Waals surface area contributed by atoms with Gasteiger partial charge in [-0.25, -0.2) is 9.59 Å². The molecule has 2 saturated heterocycles. The number of methoxy groups -OCH3 is 1. The molecule has 16 heteroatoms. The Morgan fingerprint density at radius 3 is 2.09 bits per heavy atom. The van der Waals surface area contributed by atoms with Crippen LogP contribution in [0.4, 0.5) is 0 Å². The van der Waals surface area contributed by atoms with Gasteiger partial charge in [0.1, 0.15) is 66.8 Å². The van der Waals surface area contributed by atoms with Crippen molar-refractivity contribution in [3.8, 4) is 17.2 Å². The molecule has 16 nitrogen and oxygen atoms in total. The van der Waals surface area contributed by atoms with Crippen molar-refractivity contribution in [1.82, 2.24) is 0 Å². The van der Waals surface area contributed by atoms with Gasteiger partial charge in [-0.2, -0.15) is 0 Å². The van der Waals surface area contributed by atoms with E-state index in [1.165, 1.54) is 43.5 Å². The van der Waals surface area contributed by atoms with E-state index in [9.17, 15) is 45.3 Å². The van der Waals surface area contributed by atoms with Crippen LogP contribution in [0.15, 0.2) is 57.7 Å². The van der Waals surface area contributed by atoms with E-state index in [2.05, 4.69) is 0 Å². The first-order valence-electron chi connectivity index (χ1n) is 13.7. The number of hydrogen-bond donors (Lipinski definition) is 7. The standard InChI is InChI=1S/C29H32O16/c1-39-17-8-13(3-6-15(17)43-29-26(37)23(34)21(32)18(10-30)44-29)27(38)40-11-19-22(33)24(35)25(36)28(45-19)41-14-5-2-12-4-7-20(31)42-16(12)9-14/h2-9,18-19,21-26,28-30,32-37H,10-11H2,1H3/t18-,19-,21-,22-,23+,24+,25-,26-,28-,29-/m1/s1. The first kappa shape index (κ1) is 32.6. The third-order valence-corrected chi connectivity index (χ3v) is 7.38. The molecule has 0 bridgehead atoms. The van der Waals surface area contributed by atoms with Crippen LogP contribution in [-0.2, 0) is 14.2 Å². The van der Waals surface area contributed by atoms with Crippen molar-refractivity contribution in [3.05, 3.63) is 64.5 Å². The van der Waals surface area contributed by atoms with Crippen LogP contribution in [-0.4, -0.2) is 123 Å². The van der Waals surface area contributed by atoms with Crippen molar-refractivity contribution >= 4 is 16.9 Å². The Labute approximate surface area is 254 Å². The maximum Gasteiger partial charge on any atom is 0.338 e. The summed E-state index contributed by atoms with van der Waals surface area (Å²) in [6.07, 6.45) is -15.5. The Bertz CT molecular complexity index is 1540. The molecule has 0 saturated carbocycles. The number of ether oxygens (including phenoxy) is 6. The summed E-state index contributed by atoms with van der Waals surface area (Å²) in [6, 6.07) is 11.1. The third-order valence-electron chi connectivity index (χ3n) is 7.38. The van der Waals surface area contributed by atoms with E-state index in [4.69, 9.17) is 32.8 Å². The normalized spacial score (nSPS) is 31.7. The number of carbonyl (C=O) groups is 1. The SMILES string of the molecule is COc1cc(C(=O)OC[C@H]2O[C@@H](Oc3ccc4ccc(=O)oc4c3)[C@H](O)[C@@H](O)[C@@H]2O)ccc1O[C@@H]1O[C@H](CO)[C@@H](O)[C@H](O)[C@H]1O. The molecule has 0 aliphatic carbocycles. The minimum Gasteiger partial charge on any atom is -0.493 e. The van der Waals surface area contributed by atoms with E-state index in [0.717, 1.165) is 0 Å². The fraction of sp³-hybridized carbons (Fsp3) is 0.448. The maximum atomic E-state index is 12.9. The average Bonchev–Trinajstić information content (AvgIpc) is 3.04. The molecule has 2 fully saturated rings. The summed E-state index contributed by atoms with van der Waals surface area (Å²) in [5.41, 5.74) is -0.414. The second-order valence-electron chi connectivity index (χ2n) is 10.4. The van der Waals surface area contributed by atoms with E-state index in [0.29, 0.717) is 5.39 Å². The molecular weight excluding hydrogens is 604 g/mol. The number of carbonyl (C=O) groups excluding carboxylic acids is 1. The van der Waals surface area contributed by atoms with Crippen LogP contribution in [0.25, 0.3) is 11.0 Å². The number of rotatable bonds is 9. The van der Waals surface area contributed by atoms with Gasteiger partial charge in [0.25, 0.3) is 0 Å². The molecule has 2 aliphatic rings. The van der Waals surface area contributed by atoms with Crippen LogP contribution in [0.2, 0.25) is 0 Å². The first-order valence-corrected chi connectivity index (χ1v) is 13.7. The lowest BCUT2D eigenvalue weighted by atomic mass is 9.99. The molecule has 45 heavy (non-hydrogen) atoms. The molecule has 0 amide bonds. The number of benzene rings is 2. The van der Waals surface area contributed by atoms with Crippen molar-refractivity contribution < 1.29 is 73.4 Å². The molecular formula is C29H32O16. The minimum atomic E-state index is -1.73. The lowest BCUT2D eigenvalue weighted by Gasteiger charge is -2.39. The van der Waals surface area contributed by atoms with Crippen LogP contribution in [0.5, 0.6) is 17.2 Å². The summed E-state index contributed by atoms with van der Waals surface area (Å²) in [7, 11) is 1.27. The monoisotopic (exact) mass is 636 g/mol. The van der Waals surface area contributed by atoms with Crippen molar-refractivity contribution in [2.45, 2.75) is 61.4 Å². The molecule has 0 radical (unpaired) electrons. The van der Waals surface area contributed by atoms with E-state index >= 15 is 0 Å². The van der Waals surface area contributed by atoms with Gasteiger partial charge in [0.15, 0.2) is 11.5 Å². The third kappa shape index (κ3) is 6.89. The summed E-state index contributed by atoms with van der Waals surface area (Å²) in [6.45, 7) is -1.22. The van der Waals surface area contributed by atoms with E-state index < -0.39 is 86.2 Å². The zero-order valence-corrected chi connectivity index (χ0v) is 23.6. The zero-order valence-electron chi connectivity index (χ0n) is 23.6. The van der Waals surface area contributed by atoms with Gasteiger partial charge in [0.2, 0.25) is 12.6 Å². The smallest absolute Gasteiger partial charge is 0.338 e.